The summed E-state index contributed by atoms with van der Waals surface area (Å²) < 4.78 is 19.0. The number of hydrogen-bond donors (Lipinski definition) is 1. The zero-order valence-electron chi connectivity index (χ0n) is 5.57. The van der Waals surface area contributed by atoms with Crippen molar-refractivity contribution in [2.75, 3.05) is 0 Å². The predicted molar refractivity (Wildman–Crippen MR) is 47.4 cm³/mol. The van der Waals surface area contributed by atoms with Crippen molar-refractivity contribution in [3.8, 4) is 0 Å². The molecule has 0 aliphatic rings. The van der Waals surface area contributed by atoms with Gasteiger partial charge in [0, 0.05) is 0 Å². The van der Waals surface area contributed by atoms with E-state index in [1.54, 1.807) is 12.1 Å². The van der Waals surface area contributed by atoms with E-state index in [0.717, 1.165) is 5.56 Å². The molecule has 0 amide bonds. The van der Waals surface area contributed by atoms with Crippen LogP contribution in [0.1, 0.15) is 5.56 Å². The Morgan fingerprint density at radius 2 is 1.73 bits per heavy atom. The van der Waals surface area contributed by atoms with Crippen LogP contribution in [0.4, 0.5) is 0 Å². The van der Waals surface area contributed by atoms with Crippen LogP contribution in [0.25, 0.3) is 0 Å². The van der Waals surface area contributed by atoms with Gasteiger partial charge in [-0.1, -0.05) is 17.7 Å². The van der Waals surface area contributed by atoms with Crippen molar-refractivity contribution in [3.05, 3.63) is 29.8 Å². The van der Waals surface area contributed by atoms with Crippen LogP contribution in [0.3, 0.4) is 0 Å². The van der Waals surface area contributed by atoms with Gasteiger partial charge in [0.2, 0.25) is 0 Å². The van der Waals surface area contributed by atoms with Crippen molar-refractivity contribution >= 4 is 62.5 Å². The van der Waals surface area contributed by atoms with Gasteiger partial charge in [-0.2, -0.15) is 0 Å². The Hall–Kier alpha value is 0.966. The normalized spacial score (nSPS) is 11.8. The summed E-state index contributed by atoms with van der Waals surface area (Å²) in [5.41, 5.74) is 1.09. The fourth-order valence-corrected chi connectivity index (χ4v) is 1.02. The Bertz CT molecular complexity index is 245. The van der Waals surface area contributed by atoms with Gasteiger partial charge >= 0.3 is 51.4 Å². The molecule has 0 spiro atoms. The first-order valence-corrected chi connectivity index (χ1v) is 3.98. The van der Waals surface area contributed by atoms with E-state index in [1.807, 2.05) is 19.1 Å². The summed E-state index contributed by atoms with van der Waals surface area (Å²) in [5, 5.41) is 0. The molecule has 0 saturated heterocycles. The van der Waals surface area contributed by atoms with E-state index in [4.69, 9.17) is 4.55 Å². The molecule has 1 atom stereocenters. The molecule has 0 saturated carbocycles. The molecule has 56 valence electrons. The zero-order valence-corrected chi connectivity index (χ0v) is 6.39. The van der Waals surface area contributed by atoms with Gasteiger partial charge in [0.15, 0.2) is 11.1 Å². The molecule has 0 radical (unpaired) electrons. The molecular weight excluding hydrogens is 187 g/mol. The summed E-state index contributed by atoms with van der Waals surface area (Å²) in [6.45, 7) is 1.93. The third-order valence-corrected chi connectivity index (χ3v) is 1.90. The number of aryl methyl sites for hydroxylation is 1. The number of benzene rings is 1. The average molecular weight is 196 g/mol. The van der Waals surface area contributed by atoms with Crippen molar-refractivity contribution in [1.82, 2.24) is 0 Å². The van der Waals surface area contributed by atoms with Crippen molar-refractivity contribution in [2.45, 2.75) is 11.8 Å². The third kappa shape index (κ3) is 3.94. The van der Waals surface area contributed by atoms with Crippen LogP contribution < -0.4 is 0 Å². The molecule has 0 aliphatic heterocycles. The minimum atomic E-state index is -1.84. The van der Waals surface area contributed by atoms with Crippen LogP contribution in [0, 0.1) is 6.92 Å². The summed E-state index contributed by atoms with van der Waals surface area (Å²) in [4.78, 5) is 0.450. The molecule has 0 aromatic heterocycles. The molecule has 0 bridgehead atoms. The second kappa shape index (κ2) is 5.58. The summed E-state index contributed by atoms with van der Waals surface area (Å²) in [7, 11) is 0. The molecule has 0 aliphatic carbocycles. The summed E-state index contributed by atoms with van der Waals surface area (Å²) >= 11 is -1.84. The topological polar surface area (TPSA) is 37.3 Å². The van der Waals surface area contributed by atoms with Gasteiger partial charge in [0.05, 0.1) is 4.90 Å². The molecule has 0 fully saturated rings. The van der Waals surface area contributed by atoms with Crippen molar-refractivity contribution in [3.63, 3.8) is 0 Å². The van der Waals surface area contributed by atoms with Gasteiger partial charge in [-0.25, -0.2) is 4.21 Å². The first kappa shape index (κ1) is 12.0. The Balaban J connectivity index is 0.000001000. The molecule has 1 aromatic rings. The number of hydrogen-bond acceptors (Lipinski definition) is 1. The molecule has 1 unspecified atom stereocenters. The van der Waals surface area contributed by atoms with Gasteiger partial charge in [0.25, 0.3) is 0 Å². The zero-order chi connectivity index (χ0) is 7.56. The van der Waals surface area contributed by atoms with E-state index in [9.17, 15) is 4.21 Å². The number of rotatable bonds is 1. The molecule has 1 rings (SSSR count). The standard InChI is InChI=1S/C7H8O2S.K.H/c1-6-2-4-7(5-3-6)10(8)9;;/h2-5H,1H3,(H,8,9);;. The van der Waals surface area contributed by atoms with E-state index in [1.165, 1.54) is 0 Å². The van der Waals surface area contributed by atoms with Crippen molar-refractivity contribution in [1.29, 1.82) is 0 Å². The summed E-state index contributed by atoms with van der Waals surface area (Å²) in [6, 6.07) is 6.91. The van der Waals surface area contributed by atoms with Crippen molar-refractivity contribution in [2.24, 2.45) is 0 Å². The van der Waals surface area contributed by atoms with E-state index in [0.29, 0.717) is 4.90 Å². The summed E-state index contributed by atoms with van der Waals surface area (Å²) in [5.74, 6) is 0. The quantitative estimate of drug-likeness (QED) is 0.536. The van der Waals surface area contributed by atoms with Crippen LogP contribution in [0.15, 0.2) is 29.2 Å². The molecule has 11 heavy (non-hydrogen) atoms. The van der Waals surface area contributed by atoms with Crippen LogP contribution in [-0.2, 0) is 11.1 Å². The summed E-state index contributed by atoms with van der Waals surface area (Å²) in [6.07, 6.45) is 0. The van der Waals surface area contributed by atoms with E-state index in [-0.39, 0.29) is 51.4 Å². The van der Waals surface area contributed by atoms with E-state index >= 15 is 0 Å². The van der Waals surface area contributed by atoms with Gasteiger partial charge in [0.1, 0.15) is 0 Å². The van der Waals surface area contributed by atoms with Gasteiger partial charge in [-0.05, 0) is 19.1 Å². The van der Waals surface area contributed by atoms with Crippen LogP contribution in [0.5, 0.6) is 0 Å². The van der Waals surface area contributed by atoms with E-state index < -0.39 is 11.1 Å². The molecule has 4 heteroatoms. The maximum absolute atomic E-state index is 10.4. The Labute approximate surface area is 111 Å². The van der Waals surface area contributed by atoms with Crippen LogP contribution in [-0.4, -0.2) is 60.1 Å². The Morgan fingerprint density at radius 3 is 2.09 bits per heavy atom. The van der Waals surface area contributed by atoms with Crippen LogP contribution >= 0.6 is 0 Å². The van der Waals surface area contributed by atoms with Crippen LogP contribution in [0.2, 0.25) is 0 Å². The molecule has 2 nitrogen and oxygen atoms in total. The van der Waals surface area contributed by atoms with Gasteiger partial charge < -0.3 is 4.55 Å². The van der Waals surface area contributed by atoms with Gasteiger partial charge in [-0.3, -0.25) is 0 Å². The maximum atomic E-state index is 10.4. The average Bonchev–Trinajstić information content (AvgIpc) is 1.88. The first-order valence-electron chi connectivity index (χ1n) is 2.87. The first-order chi connectivity index (χ1) is 4.70. The van der Waals surface area contributed by atoms with E-state index in [2.05, 4.69) is 0 Å². The van der Waals surface area contributed by atoms with Crippen molar-refractivity contribution < 1.29 is 8.76 Å². The van der Waals surface area contributed by atoms with Gasteiger partial charge in [-0.15, -0.1) is 0 Å². The molecule has 0 heterocycles. The Kier molecular flexibility index (Phi) is 6.07. The third-order valence-electron chi connectivity index (χ3n) is 1.22. The Morgan fingerprint density at radius 1 is 1.27 bits per heavy atom. The predicted octanol–water partition coefficient (Wildman–Crippen LogP) is 0.927. The molecule has 1 aromatic carbocycles. The fraction of sp³-hybridized carbons (Fsp3) is 0.143. The minimum absolute atomic E-state index is 0. The fourth-order valence-electron chi connectivity index (χ4n) is 0.655. The monoisotopic (exact) mass is 196 g/mol. The SMILES string of the molecule is Cc1ccc(S(=O)O)cc1.[KH]. The molecule has 1 N–H and O–H groups in total. The second-order valence-electron chi connectivity index (χ2n) is 2.06. The second-order valence-corrected chi connectivity index (χ2v) is 3.03. The molecular formula is C7H9KO2S.